The molecular formula is C14H19ClN2O2. The molecule has 1 N–H and O–H groups in total. The van der Waals surface area contributed by atoms with Gasteiger partial charge in [0, 0.05) is 26.2 Å². The third-order valence-corrected chi connectivity index (χ3v) is 3.44. The van der Waals surface area contributed by atoms with Crippen molar-refractivity contribution >= 4 is 17.5 Å². The number of hydrogen-bond acceptors (Lipinski definition) is 3. The van der Waals surface area contributed by atoms with E-state index in [-0.39, 0.29) is 5.91 Å². The smallest absolute Gasteiger partial charge is 0.226 e. The van der Waals surface area contributed by atoms with E-state index in [0.29, 0.717) is 23.8 Å². The largest absolute Gasteiger partial charge is 0.491 e. The highest BCUT2D eigenvalue weighted by atomic mass is 35.5. The minimum absolute atomic E-state index is 0.144. The van der Waals surface area contributed by atoms with E-state index >= 15 is 0 Å². The van der Waals surface area contributed by atoms with Gasteiger partial charge in [-0.3, -0.25) is 4.79 Å². The maximum Gasteiger partial charge on any atom is 0.226 e. The highest BCUT2D eigenvalue weighted by molar-refractivity contribution is 6.32. The number of rotatable bonds is 4. The summed E-state index contributed by atoms with van der Waals surface area (Å²) in [6.45, 7) is 5.65. The van der Waals surface area contributed by atoms with Crippen molar-refractivity contribution in [2.75, 3.05) is 32.8 Å². The summed E-state index contributed by atoms with van der Waals surface area (Å²) in [5, 5.41) is 3.81. The van der Waals surface area contributed by atoms with Crippen LogP contribution < -0.4 is 10.1 Å². The van der Waals surface area contributed by atoms with Gasteiger partial charge >= 0.3 is 0 Å². The van der Waals surface area contributed by atoms with E-state index in [1.807, 2.05) is 30.0 Å². The average Bonchev–Trinajstić information content (AvgIpc) is 2.43. The standard InChI is InChI=1S/C14H19ClN2O2/c1-11-2-3-12(15)13(10-11)19-9-4-14(18)17-7-5-16-6-8-17/h2-3,10,16H,4-9H2,1H3. The van der Waals surface area contributed by atoms with E-state index < -0.39 is 0 Å². The van der Waals surface area contributed by atoms with Crippen LogP contribution in [0.25, 0.3) is 0 Å². The van der Waals surface area contributed by atoms with E-state index in [2.05, 4.69) is 5.32 Å². The fourth-order valence-electron chi connectivity index (χ4n) is 2.04. The van der Waals surface area contributed by atoms with Gasteiger partial charge in [0.15, 0.2) is 0 Å². The van der Waals surface area contributed by atoms with Crippen molar-refractivity contribution in [2.24, 2.45) is 0 Å². The number of amides is 1. The van der Waals surface area contributed by atoms with Gasteiger partial charge in [-0.25, -0.2) is 0 Å². The molecule has 1 amide bonds. The van der Waals surface area contributed by atoms with Gasteiger partial charge in [-0.2, -0.15) is 0 Å². The van der Waals surface area contributed by atoms with Gasteiger partial charge < -0.3 is 15.0 Å². The topological polar surface area (TPSA) is 41.6 Å². The number of benzene rings is 1. The zero-order valence-electron chi connectivity index (χ0n) is 11.1. The quantitative estimate of drug-likeness (QED) is 0.916. The molecule has 4 nitrogen and oxygen atoms in total. The van der Waals surface area contributed by atoms with Gasteiger partial charge in [0.05, 0.1) is 18.1 Å². The Morgan fingerprint density at radius 2 is 2.16 bits per heavy atom. The molecule has 1 fully saturated rings. The minimum Gasteiger partial charge on any atom is -0.491 e. The second-order valence-electron chi connectivity index (χ2n) is 4.66. The molecule has 0 bridgehead atoms. The minimum atomic E-state index is 0.144. The number of aryl methyl sites for hydroxylation is 1. The van der Waals surface area contributed by atoms with Crippen LogP contribution in [0.15, 0.2) is 18.2 Å². The Hall–Kier alpha value is -1.26. The molecule has 0 saturated carbocycles. The molecule has 1 aromatic carbocycles. The third-order valence-electron chi connectivity index (χ3n) is 3.13. The number of piperazine rings is 1. The summed E-state index contributed by atoms with van der Waals surface area (Å²) in [6, 6.07) is 5.63. The summed E-state index contributed by atoms with van der Waals surface area (Å²) < 4.78 is 5.58. The van der Waals surface area contributed by atoms with Gasteiger partial charge in [0.25, 0.3) is 0 Å². The predicted octanol–water partition coefficient (Wildman–Crippen LogP) is 1.85. The second kappa shape index (κ2) is 6.78. The number of nitrogens with zero attached hydrogens (tertiary/aromatic N) is 1. The molecule has 0 atom stereocenters. The zero-order valence-corrected chi connectivity index (χ0v) is 11.9. The van der Waals surface area contributed by atoms with Crippen LogP contribution in [0.1, 0.15) is 12.0 Å². The van der Waals surface area contributed by atoms with Crippen LogP contribution in [0.4, 0.5) is 0 Å². The lowest BCUT2D eigenvalue weighted by Gasteiger charge is -2.27. The molecule has 1 aliphatic rings. The highest BCUT2D eigenvalue weighted by Crippen LogP contribution is 2.25. The van der Waals surface area contributed by atoms with E-state index in [1.165, 1.54) is 0 Å². The Bertz CT molecular complexity index is 445. The Kier molecular flexibility index (Phi) is 5.05. The zero-order chi connectivity index (χ0) is 13.7. The fourth-order valence-corrected chi connectivity index (χ4v) is 2.21. The molecule has 104 valence electrons. The van der Waals surface area contributed by atoms with Crippen molar-refractivity contribution in [3.8, 4) is 5.75 Å². The monoisotopic (exact) mass is 282 g/mol. The van der Waals surface area contributed by atoms with Crippen molar-refractivity contribution in [3.63, 3.8) is 0 Å². The number of halogens is 1. The van der Waals surface area contributed by atoms with Gasteiger partial charge in [0.1, 0.15) is 5.75 Å². The molecule has 0 unspecified atom stereocenters. The summed E-state index contributed by atoms with van der Waals surface area (Å²) >= 11 is 6.03. The van der Waals surface area contributed by atoms with Crippen LogP contribution in [0.3, 0.4) is 0 Å². The lowest BCUT2D eigenvalue weighted by atomic mass is 10.2. The number of carbonyl (C=O) groups excluding carboxylic acids is 1. The Morgan fingerprint density at radius 3 is 2.89 bits per heavy atom. The molecular weight excluding hydrogens is 264 g/mol. The number of hydrogen-bond donors (Lipinski definition) is 1. The first-order valence-electron chi connectivity index (χ1n) is 6.54. The van der Waals surface area contributed by atoms with Crippen molar-refractivity contribution in [1.29, 1.82) is 0 Å². The molecule has 19 heavy (non-hydrogen) atoms. The average molecular weight is 283 g/mol. The van der Waals surface area contributed by atoms with Crippen molar-refractivity contribution < 1.29 is 9.53 Å². The maximum atomic E-state index is 11.9. The lowest BCUT2D eigenvalue weighted by molar-refractivity contribution is -0.132. The van der Waals surface area contributed by atoms with Crippen molar-refractivity contribution in [1.82, 2.24) is 10.2 Å². The second-order valence-corrected chi connectivity index (χ2v) is 5.07. The fraction of sp³-hybridized carbons (Fsp3) is 0.500. The number of nitrogens with one attached hydrogen (secondary N) is 1. The molecule has 5 heteroatoms. The highest BCUT2D eigenvalue weighted by Gasteiger charge is 2.15. The van der Waals surface area contributed by atoms with Crippen LogP contribution >= 0.6 is 11.6 Å². The van der Waals surface area contributed by atoms with Crippen LogP contribution in [0, 0.1) is 6.92 Å². The van der Waals surface area contributed by atoms with Crippen LogP contribution in [0.5, 0.6) is 5.75 Å². The van der Waals surface area contributed by atoms with Crippen molar-refractivity contribution in [2.45, 2.75) is 13.3 Å². The molecule has 0 aliphatic carbocycles. The molecule has 0 aromatic heterocycles. The molecule has 1 aliphatic heterocycles. The van der Waals surface area contributed by atoms with Crippen LogP contribution in [0.2, 0.25) is 5.02 Å². The Morgan fingerprint density at radius 1 is 1.42 bits per heavy atom. The van der Waals surface area contributed by atoms with Crippen molar-refractivity contribution in [3.05, 3.63) is 28.8 Å². The van der Waals surface area contributed by atoms with Crippen LogP contribution in [-0.4, -0.2) is 43.6 Å². The molecule has 1 aromatic rings. The molecule has 1 heterocycles. The summed E-state index contributed by atoms with van der Waals surface area (Å²) in [5.74, 6) is 0.792. The lowest BCUT2D eigenvalue weighted by Crippen LogP contribution is -2.46. The SMILES string of the molecule is Cc1ccc(Cl)c(OCCC(=O)N2CCNCC2)c1. The normalized spacial score (nSPS) is 15.4. The summed E-state index contributed by atoms with van der Waals surface area (Å²) in [6.07, 6.45) is 0.393. The van der Waals surface area contributed by atoms with E-state index in [4.69, 9.17) is 16.3 Å². The van der Waals surface area contributed by atoms with E-state index in [9.17, 15) is 4.79 Å². The predicted molar refractivity (Wildman–Crippen MR) is 75.8 cm³/mol. The molecule has 0 radical (unpaired) electrons. The van der Waals surface area contributed by atoms with Gasteiger partial charge in [-0.15, -0.1) is 0 Å². The van der Waals surface area contributed by atoms with Gasteiger partial charge in [0.2, 0.25) is 5.91 Å². The van der Waals surface area contributed by atoms with Crippen LogP contribution in [-0.2, 0) is 4.79 Å². The first-order valence-corrected chi connectivity index (χ1v) is 6.92. The van der Waals surface area contributed by atoms with E-state index in [1.54, 1.807) is 0 Å². The maximum absolute atomic E-state index is 11.9. The Labute approximate surface area is 118 Å². The third kappa shape index (κ3) is 4.11. The summed E-state index contributed by atoms with van der Waals surface area (Å²) in [7, 11) is 0. The number of ether oxygens (including phenoxy) is 1. The first-order chi connectivity index (χ1) is 9.16. The van der Waals surface area contributed by atoms with E-state index in [0.717, 1.165) is 31.7 Å². The number of carbonyl (C=O) groups is 1. The van der Waals surface area contributed by atoms with Gasteiger partial charge in [-0.1, -0.05) is 17.7 Å². The summed E-state index contributed by atoms with van der Waals surface area (Å²) in [4.78, 5) is 13.8. The summed E-state index contributed by atoms with van der Waals surface area (Å²) in [5.41, 5.74) is 1.09. The molecule has 1 saturated heterocycles. The molecule has 2 rings (SSSR count). The molecule has 0 spiro atoms. The van der Waals surface area contributed by atoms with Gasteiger partial charge in [-0.05, 0) is 24.6 Å². The first kappa shape index (κ1) is 14.2. The Balaban J connectivity index is 1.79.